The van der Waals surface area contributed by atoms with Gasteiger partial charge >= 0.3 is 0 Å². The molecule has 38 heavy (non-hydrogen) atoms. The normalized spacial score (nSPS) is 12.5. The average Bonchev–Trinajstić information content (AvgIpc) is 3.45. The number of pyridine rings is 2. The first kappa shape index (κ1) is 22.6. The number of aromatic nitrogens is 1. The number of fused-ring (bicyclic) bond motifs is 6. The van der Waals surface area contributed by atoms with Gasteiger partial charge < -0.3 is 19.3 Å². The van der Waals surface area contributed by atoms with Crippen molar-refractivity contribution in [3.8, 4) is 28.4 Å². The Balaban J connectivity index is 1.41. The maximum Gasteiger partial charge on any atom is 0.231 e. The van der Waals surface area contributed by atoms with E-state index in [2.05, 4.69) is 77.3 Å². The molecule has 5 heteroatoms. The number of nitrogens with zero attached hydrogens (tertiary/aromatic N) is 1. The van der Waals surface area contributed by atoms with Gasteiger partial charge in [-0.25, -0.2) is 0 Å². The Kier molecular flexibility index (Phi) is 5.38. The Hall–Kier alpha value is -4.61. The van der Waals surface area contributed by atoms with Gasteiger partial charge in [0.25, 0.3) is 0 Å². The van der Waals surface area contributed by atoms with Crippen LogP contribution < -0.4 is 18.6 Å². The minimum Gasteiger partial charge on any atom is -0.495 e. The molecule has 4 aromatic carbocycles. The van der Waals surface area contributed by atoms with E-state index in [1.165, 1.54) is 22.3 Å². The van der Waals surface area contributed by atoms with Crippen LogP contribution >= 0.6 is 0 Å². The largest absolute Gasteiger partial charge is 0.495 e. The number of ether oxygens (including phenoxy) is 3. The zero-order chi connectivity index (χ0) is 25.6. The van der Waals surface area contributed by atoms with E-state index in [-0.39, 0.29) is 13.4 Å². The first-order valence-corrected chi connectivity index (χ1v) is 12.7. The van der Waals surface area contributed by atoms with Gasteiger partial charge in [-0.05, 0) is 40.1 Å². The maximum absolute atomic E-state index is 9.80. The molecule has 0 radical (unpaired) electrons. The van der Waals surface area contributed by atoms with Crippen molar-refractivity contribution in [3.63, 3.8) is 0 Å². The van der Waals surface area contributed by atoms with Gasteiger partial charge in [-0.15, -0.1) is 0 Å². The molecule has 0 spiro atoms. The van der Waals surface area contributed by atoms with Gasteiger partial charge in [-0.1, -0.05) is 66.7 Å². The van der Waals surface area contributed by atoms with Crippen LogP contribution in [0.15, 0.2) is 97.3 Å². The smallest absolute Gasteiger partial charge is 0.231 e. The molecule has 0 amide bonds. The molecule has 186 valence electrons. The molecular weight excluding hydrogens is 474 g/mol. The van der Waals surface area contributed by atoms with Crippen molar-refractivity contribution in [3.05, 3.63) is 114 Å². The molecule has 6 aromatic rings. The van der Waals surface area contributed by atoms with E-state index in [4.69, 9.17) is 14.2 Å². The summed E-state index contributed by atoms with van der Waals surface area (Å²) in [5, 5.41) is 14.0. The SMILES string of the molecule is COc1c(CO)ccc2cc3c4c(Cc5ccc(-c6ccccc6)cc5)cc5c(c4cc[n+]3cc12)OCO5. The molecule has 1 aliphatic rings. The average molecular weight is 501 g/mol. The second kappa shape index (κ2) is 9.05. The molecule has 2 aromatic heterocycles. The molecule has 0 fully saturated rings. The Morgan fingerprint density at radius 2 is 1.66 bits per heavy atom. The Morgan fingerprint density at radius 1 is 0.842 bits per heavy atom. The van der Waals surface area contributed by atoms with Crippen LogP contribution in [-0.4, -0.2) is 19.0 Å². The lowest BCUT2D eigenvalue weighted by Gasteiger charge is -2.12. The van der Waals surface area contributed by atoms with E-state index in [0.29, 0.717) is 5.75 Å². The van der Waals surface area contributed by atoms with Crippen LogP contribution in [0, 0.1) is 0 Å². The van der Waals surface area contributed by atoms with Gasteiger partial charge in [-0.3, -0.25) is 0 Å². The molecule has 5 nitrogen and oxygen atoms in total. The molecule has 0 aliphatic carbocycles. The molecule has 1 N–H and O–H groups in total. The fourth-order valence-corrected chi connectivity index (χ4v) is 5.58. The van der Waals surface area contributed by atoms with E-state index in [0.717, 1.165) is 50.5 Å². The first-order chi connectivity index (χ1) is 18.7. The fourth-order valence-electron chi connectivity index (χ4n) is 5.58. The summed E-state index contributed by atoms with van der Waals surface area (Å²) in [5.74, 6) is 2.27. The maximum atomic E-state index is 9.80. The Labute approximate surface area is 220 Å². The van der Waals surface area contributed by atoms with Gasteiger partial charge in [0.2, 0.25) is 12.3 Å². The summed E-state index contributed by atoms with van der Waals surface area (Å²) in [6.07, 6.45) is 4.88. The van der Waals surface area contributed by atoms with Gasteiger partial charge in [0.05, 0.1) is 24.5 Å². The number of hydrogen-bond donors (Lipinski definition) is 1. The van der Waals surface area contributed by atoms with Crippen LogP contribution in [0.1, 0.15) is 16.7 Å². The lowest BCUT2D eigenvalue weighted by molar-refractivity contribution is -0.509. The minimum atomic E-state index is -0.0732. The van der Waals surface area contributed by atoms with Crippen molar-refractivity contribution in [2.45, 2.75) is 13.0 Å². The molecular formula is C33H26NO4+. The molecule has 0 unspecified atom stereocenters. The van der Waals surface area contributed by atoms with Crippen LogP contribution in [0.4, 0.5) is 0 Å². The van der Waals surface area contributed by atoms with E-state index in [1.54, 1.807) is 7.11 Å². The van der Waals surface area contributed by atoms with Crippen LogP contribution in [0.5, 0.6) is 17.2 Å². The van der Waals surface area contributed by atoms with E-state index in [1.807, 2.05) is 24.4 Å². The zero-order valence-corrected chi connectivity index (χ0v) is 21.0. The summed E-state index contributed by atoms with van der Waals surface area (Å²) < 4.78 is 19.5. The fraction of sp³-hybridized carbons (Fsp3) is 0.121. The van der Waals surface area contributed by atoms with Crippen LogP contribution in [0.2, 0.25) is 0 Å². The highest BCUT2D eigenvalue weighted by Crippen LogP contribution is 2.43. The summed E-state index contributed by atoms with van der Waals surface area (Å²) in [6, 6.07) is 29.6. The van der Waals surface area contributed by atoms with Crippen molar-refractivity contribution in [2.75, 3.05) is 13.9 Å². The third-order valence-corrected chi connectivity index (χ3v) is 7.42. The van der Waals surface area contributed by atoms with Gasteiger partial charge in [0, 0.05) is 23.1 Å². The number of aliphatic hydroxyl groups excluding tert-OH is 1. The monoisotopic (exact) mass is 500 g/mol. The number of methoxy groups -OCH3 is 1. The number of rotatable bonds is 5. The molecule has 1 aliphatic heterocycles. The van der Waals surface area contributed by atoms with Crippen LogP contribution in [-0.2, 0) is 13.0 Å². The number of aliphatic hydroxyl groups is 1. The van der Waals surface area contributed by atoms with E-state index >= 15 is 0 Å². The summed E-state index contributed by atoms with van der Waals surface area (Å²) in [7, 11) is 1.64. The van der Waals surface area contributed by atoms with Crippen molar-refractivity contribution in [1.82, 2.24) is 0 Å². The second-order valence-corrected chi connectivity index (χ2v) is 9.60. The number of hydrogen-bond acceptors (Lipinski definition) is 4. The second-order valence-electron chi connectivity index (χ2n) is 9.60. The summed E-state index contributed by atoms with van der Waals surface area (Å²) >= 11 is 0. The predicted octanol–water partition coefficient (Wildman–Crippen LogP) is 6.22. The molecule has 3 heterocycles. The summed E-state index contributed by atoms with van der Waals surface area (Å²) in [4.78, 5) is 0. The summed E-state index contributed by atoms with van der Waals surface area (Å²) in [5.41, 5.74) is 6.65. The lowest BCUT2D eigenvalue weighted by atomic mass is 9.95. The van der Waals surface area contributed by atoms with Crippen molar-refractivity contribution >= 4 is 27.1 Å². The van der Waals surface area contributed by atoms with Crippen molar-refractivity contribution in [2.24, 2.45) is 0 Å². The van der Waals surface area contributed by atoms with Crippen molar-refractivity contribution < 1.29 is 23.7 Å². The predicted molar refractivity (Wildman–Crippen MR) is 148 cm³/mol. The Bertz CT molecular complexity index is 1830. The van der Waals surface area contributed by atoms with Crippen molar-refractivity contribution in [1.29, 1.82) is 0 Å². The highest BCUT2D eigenvalue weighted by molar-refractivity contribution is 6.04. The first-order valence-electron chi connectivity index (χ1n) is 12.7. The van der Waals surface area contributed by atoms with E-state index < -0.39 is 0 Å². The molecule has 7 rings (SSSR count). The number of benzene rings is 4. The van der Waals surface area contributed by atoms with Crippen LogP contribution in [0.3, 0.4) is 0 Å². The van der Waals surface area contributed by atoms with Gasteiger partial charge in [-0.2, -0.15) is 4.40 Å². The lowest BCUT2D eigenvalue weighted by Crippen LogP contribution is -2.21. The Morgan fingerprint density at radius 3 is 2.45 bits per heavy atom. The molecule has 0 saturated carbocycles. The topological polar surface area (TPSA) is 52.0 Å². The summed E-state index contributed by atoms with van der Waals surface area (Å²) in [6.45, 7) is 0.153. The van der Waals surface area contributed by atoms with Crippen LogP contribution in [0.25, 0.3) is 38.2 Å². The highest BCUT2D eigenvalue weighted by atomic mass is 16.7. The quantitative estimate of drug-likeness (QED) is 0.174. The molecule has 0 atom stereocenters. The molecule has 0 saturated heterocycles. The minimum absolute atomic E-state index is 0.0732. The zero-order valence-electron chi connectivity index (χ0n) is 21.0. The van der Waals surface area contributed by atoms with E-state index in [9.17, 15) is 5.11 Å². The molecule has 0 bridgehead atoms. The third-order valence-electron chi connectivity index (χ3n) is 7.42. The third kappa shape index (κ3) is 3.63. The standard InChI is InChI=1S/C33H26NO4/c1-36-32-25(19-35)12-11-24-16-29-31-26(15-21-7-9-23(10-8-21)22-5-3-2-4-6-22)17-30-33(38-20-37-30)27(31)13-14-34(29)18-28(24)32/h2-14,16-18,35H,15,19-20H2,1H3/q+1. The highest BCUT2D eigenvalue weighted by Gasteiger charge is 2.24. The van der Waals surface area contributed by atoms with Gasteiger partial charge in [0.15, 0.2) is 23.9 Å². The van der Waals surface area contributed by atoms with Gasteiger partial charge in [0.1, 0.15) is 5.75 Å².